The number of benzene rings is 1. The van der Waals surface area contributed by atoms with Crippen LogP contribution in [0, 0.1) is 0 Å². The average Bonchev–Trinajstić information content (AvgIpc) is 2.80. The quantitative estimate of drug-likeness (QED) is 0.481. The number of nitrogens with two attached hydrogens (primary N) is 1. The van der Waals surface area contributed by atoms with E-state index < -0.39 is 23.2 Å². The highest BCUT2D eigenvalue weighted by Gasteiger charge is 2.37. The van der Waals surface area contributed by atoms with Crippen molar-refractivity contribution in [3.63, 3.8) is 0 Å². The molecule has 1 fully saturated rings. The van der Waals surface area contributed by atoms with Gasteiger partial charge in [0.05, 0.1) is 11.1 Å². The monoisotopic (exact) mass is 511 g/mol. The number of alkyl halides is 3. The zero-order valence-corrected chi connectivity index (χ0v) is 18.3. The molecule has 0 aliphatic carbocycles. The van der Waals surface area contributed by atoms with Gasteiger partial charge in [0.15, 0.2) is 0 Å². The van der Waals surface area contributed by atoms with Crippen LogP contribution < -0.4 is 16.0 Å². The number of ketones is 1. The molecule has 1 atom stereocenters. The second-order valence-electron chi connectivity index (χ2n) is 7.34. The number of piperazine rings is 1. The molecule has 0 radical (unpaired) electrons. The number of pyridine rings is 2. The lowest BCUT2D eigenvalue weighted by molar-refractivity contribution is -0.138. The first-order valence-corrected chi connectivity index (χ1v) is 10.6. The highest BCUT2D eigenvalue weighted by atomic mass is 79.9. The Hall–Kier alpha value is -2.98. The molecular formula is C22H25BrF3N5O. The largest absolute Gasteiger partial charge is 0.418 e. The van der Waals surface area contributed by atoms with Gasteiger partial charge in [-0.25, -0.2) is 9.97 Å². The van der Waals surface area contributed by atoms with Gasteiger partial charge in [0.1, 0.15) is 17.3 Å². The Morgan fingerprint density at radius 3 is 2.69 bits per heavy atom. The van der Waals surface area contributed by atoms with Crippen molar-refractivity contribution in [2.24, 2.45) is 0 Å². The van der Waals surface area contributed by atoms with E-state index in [1.807, 2.05) is 35.2 Å². The van der Waals surface area contributed by atoms with Gasteiger partial charge in [0, 0.05) is 40.6 Å². The first kappa shape index (κ1) is 22.2. The summed E-state index contributed by atoms with van der Waals surface area (Å²) < 4.78 is 41.5. The van der Waals surface area contributed by atoms with Gasteiger partial charge in [0.2, 0.25) is 5.78 Å². The Labute approximate surface area is 195 Å². The SMILES string of the molecule is Nc1ncc(Br)cc1C(=O)c1nc(N2CCNC(c3ccccc3)C2)ccc1C(F)(F)F.[HH].[HH].[HH]. The fraction of sp³-hybridized carbons (Fsp3) is 0.227. The van der Waals surface area contributed by atoms with Crippen molar-refractivity contribution >= 4 is 33.3 Å². The van der Waals surface area contributed by atoms with Gasteiger partial charge in [-0.2, -0.15) is 13.2 Å². The van der Waals surface area contributed by atoms with E-state index in [0.29, 0.717) is 29.9 Å². The van der Waals surface area contributed by atoms with Gasteiger partial charge in [-0.3, -0.25) is 4.79 Å². The van der Waals surface area contributed by atoms with Crippen molar-refractivity contribution in [2.75, 3.05) is 30.3 Å². The Balaban J connectivity index is 0.00000204. The van der Waals surface area contributed by atoms with Crippen molar-refractivity contribution in [1.29, 1.82) is 0 Å². The van der Waals surface area contributed by atoms with Crippen LogP contribution in [-0.4, -0.2) is 35.4 Å². The zero-order valence-electron chi connectivity index (χ0n) is 16.7. The summed E-state index contributed by atoms with van der Waals surface area (Å²) in [6.07, 6.45) is -3.38. The molecule has 3 N–H and O–H groups in total. The minimum absolute atomic E-state index is 0. The third kappa shape index (κ3) is 4.61. The number of anilines is 2. The first-order chi connectivity index (χ1) is 15.2. The van der Waals surface area contributed by atoms with E-state index in [4.69, 9.17) is 5.73 Å². The van der Waals surface area contributed by atoms with E-state index in [1.165, 1.54) is 18.3 Å². The molecule has 3 aromatic rings. The summed E-state index contributed by atoms with van der Waals surface area (Å²) in [4.78, 5) is 23.0. The molecule has 1 saturated heterocycles. The standard InChI is InChI=1S/C22H19BrF3N5O.3H2/c23-14-10-15(21(27)29-11-14)20(32)19-16(22(24,25)26)6-7-18(30-19)31-9-8-28-17(12-31)13-4-2-1-3-5-13;;;/h1-7,10-11,17,28H,8-9,12H2,(H2,27,29);3*1H. The molecule has 0 amide bonds. The van der Waals surface area contributed by atoms with E-state index in [9.17, 15) is 18.0 Å². The molecule has 6 nitrogen and oxygen atoms in total. The molecule has 1 aliphatic rings. The maximum atomic E-state index is 13.7. The summed E-state index contributed by atoms with van der Waals surface area (Å²) >= 11 is 3.17. The van der Waals surface area contributed by atoms with Gasteiger partial charge >= 0.3 is 6.18 Å². The maximum Gasteiger partial charge on any atom is 0.418 e. The summed E-state index contributed by atoms with van der Waals surface area (Å²) in [5, 5.41) is 3.40. The Bertz CT molecular complexity index is 1150. The topological polar surface area (TPSA) is 84.1 Å². The molecule has 1 aromatic carbocycles. The number of hydrogen-bond donors (Lipinski definition) is 2. The van der Waals surface area contributed by atoms with E-state index in [1.54, 1.807) is 0 Å². The average molecular weight is 512 g/mol. The Kier molecular flexibility index (Phi) is 6.16. The molecule has 0 saturated carbocycles. The highest BCUT2D eigenvalue weighted by Crippen LogP contribution is 2.34. The summed E-state index contributed by atoms with van der Waals surface area (Å²) in [6.45, 7) is 1.65. The lowest BCUT2D eigenvalue weighted by atomic mass is 10.0. The molecule has 0 spiro atoms. The summed E-state index contributed by atoms with van der Waals surface area (Å²) in [6, 6.07) is 13.3. The van der Waals surface area contributed by atoms with Gasteiger partial charge in [-0.05, 0) is 39.7 Å². The molecule has 32 heavy (non-hydrogen) atoms. The van der Waals surface area contributed by atoms with Crippen molar-refractivity contribution < 1.29 is 22.2 Å². The number of nitrogens with zero attached hydrogens (tertiary/aromatic N) is 3. The van der Waals surface area contributed by atoms with Crippen LogP contribution >= 0.6 is 15.9 Å². The van der Waals surface area contributed by atoms with E-state index in [2.05, 4.69) is 31.2 Å². The predicted molar refractivity (Wildman–Crippen MR) is 125 cm³/mol. The predicted octanol–water partition coefficient (Wildman–Crippen LogP) is 4.96. The first-order valence-electron chi connectivity index (χ1n) is 9.81. The third-order valence-electron chi connectivity index (χ3n) is 5.23. The number of hydrogen-bond acceptors (Lipinski definition) is 6. The van der Waals surface area contributed by atoms with Crippen LogP contribution in [0.5, 0.6) is 0 Å². The number of halogens is 4. The number of nitrogen functional groups attached to an aromatic ring is 1. The van der Waals surface area contributed by atoms with Crippen LogP contribution in [0.4, 0.5) is 24.8 Å². The molecule has 1 unspecified atom stereocenters. The minimum atomic E-state index is -4.75. The molecule has 4 rings (SSSR count). The van der Waals surface area contributed by atoms with E-state index >= 15 is 0 Å². The van der Waals surface area contributed by atoms with Gasteiger partial charge in [-0.1, -0.05) is 30.3 Å². The molecule has 0 bridgehead atoms. The third-order valence-corrected chi connectivity index (χ3v) is 5.67. The summed E-state index contributed by atoms with van der Waals surface area (Å²) in [5.41, 5.74) is 4.88. The Morgan fingerprint density at radius 1 is 1.22 bits per heavy atom. The van der Waals surface area contributed by atoms with E-state index in [0.717, 1.165) is 11.6 Å². The van der Waals surface area contributed by atoms with Crippen LogP contribution in [0.2, 0.25) is 0 Å². The Morgan fingerprint density at radius 2 is 1.97 bits per heavy atom. The van der Waals surface area contributed by atoms with Crippen molar-refractivity contribution in [3.05, 3.63) is 81.6 Å². The van der Waals surface area contributed by atoms with Crippen LogP contribution in [-0.2, 0) is 6.18 Å². The highest BCUT2D eigenvalue weighted by molar-refractivity contribution is 9.10. The van der Waals surface area contributed by atoms with Crippen molar-refractivity contribution in [3.8, 4) is 0 Å². The molecule has 3 heterocycles. The van der Waals surface area contributed by atoms with Crippen LogP contribution in [0.3, 0.4) is 0 Å². The second-order valence-corrected chi connectivity index (χ2v) is 8.26. The smallest absolute Gasteiger partial charge is 0.383 e. The number of aromatic nitrogens is 2. The van der Waals surface area contributed by atoms with Crippen molar-refractivity contribution in [1.82, 2.24) is 15.3 Å². The summed E-state index contributed by atoms with van der Waals surface area (Å²) in [7, 11) is 0. The molecular weight excluding hydrogens is 487 g/mol. The fourth-order valence-electron chi connectivity index (χ4n) is 3.65. The number of carbonyl (C=O) groups is 1. The fourth-order valence-corrected chi connectivity index (χ4v) is 3.98. The van der Waals surface area contributed by atoms with Gasteiger partial charge < -0.3 is 16.0 Å². The van der Waals surface area contributed by atoms with Crippen LogP contribution in [0.15, 0.2) is 59.2 Å². The maximum absolute atomic E-state index is 13.7. The molecule has 10 heteroatoms. The molecule has 1 aliphatic heterocycles. The van der Waals surface area contributed by atoms with Crippen LogP contribution in [0.25, 0.3) is 0 Å². The van der Waals surface area contributed by atoms with Gasteiger partial charge in [-0.15, -0.1) is 0 Å². The molecule has 2 aromatic heterocycles. The number of nitrogens with one attached hydrogen (secondary N) is 1. The lowest BCUT2D eigenvalue weighted by Gasteiger charge is -2.35. The lowest BCUT2D eigenvalue weighted by Crippen LogP contribution is -2.46. The van der Waals surface area contributed by atoms with E-state index in [-0.39, 0.29) is 21.7 Å². The summed E-state index contributed by atoms with van der Waals surface area (Å²) in [5.74, 6) is -0.796. The van der Waals surface area contributed by atoms with Gasteiger partial charge in [0.25, 0.3) is 0 Å². The number of carbonyl (C=O) groups excluding carboxylic acids is 1. The normalized spacial score (nSPS) is 16.8. The minimum Gasteiger partial charge on any atom is -0.383 e. The second kappa shape index (κ2) is 8.87. The zero-order chi connectivity index (χ0) is 22.9. The number of rotatable bonds is 4. The van der Waals surface area contributed by atoms with Crippen LogP contribution in [0.1, 0.15) is 37.5 Å². The molecule has 172 valence electrons. The van der Waals surface area contributed by atoms with Crippen molar-refractivity contribution in [2.45, 2.75) is 12.2 Å².